The molecule has 4 heterocycles. The van der Waals surface area contributed by atoms with Crippen LogP contribution in [0.4, 0.5) is 0 Å². The fourth-order valence-electron chi connectivity index (χ4n) is 6.99. The van der Waals surface area contributed by atoms with E-state index in [9.17, 15) is 9.90 Å². The molecule has 0 radical (unpaired) electrons. The molecule has 3 aromatic heterocycles. The number of fused-ring (bicyclic) bond motifs is 2. The van der Waals surface area contributed by atoms with E-state index in [1.807, 2.05) is 18.2 Å². The molecule has 1 aliphatic heterocycles. The highest BCUT2D eigenvalue weighted by Crippen LogP contribution is 2.41. The number of rotatable bonds is 15. The zero-order valence-electron chi connectivity index (χ0n) is 28.2. The zero-order valence-corrected chi connectivity index (χ0v) is 33.0. The van der Waals surface area contributed by atoms with Crippen LogP contribution in [0.25, 0.3) is 37.4 Å². The standard InChI is InChI=1S/C40H44Br2N2O2S2/c1-5-9-11-23(7-3)17-27-21-33(47-37(27)41)25-13-15-29-31(19-25)43-39(45)35(29)36-30-16-14-26(20-32(30)44-40(36)46)34-22-28(38(42)48-34)18-24(8-4)12-10-6-2/h13-16,19-24,43,45H,5-12,17-18H2,1-4H3. The summed E-state index contributed by atoms with van der Waals surface area (Å²) >= 11 is 11.2. The first kappa shape index (κ1) is 35.3. The largest absolute Gasteiger partial charge is 0.494 e. The van der Waals surface area contributed by atoms with Crippen molar-refractivity contribution in [1.29, 1.82) is 0 Å². The number of unbranched alkanes of at least 4 members (excludes halogenated alkanes) is 2. The van der Waals surface area contributed by atoms with E-state index in [1.54, 1.807) is 22.7 Å². The third-order valence-corrected chi connectivity index (χ3v) is 13.9. The maximum absolute atomic E-state index is 13.4. The summed E-state index contributed by atoms with van der Waals surface area (Å²) < 4.78 is 2.37. The molecule has 252 valence electrons. The molecule has 1 aliphatic rings. The van der Waals surface area contributed by atoms with Crippen LogP contribution in [0.2, 0.25) is 0 Å². The Labute approximate surface area is 308 Å². The van der Waals surface area contributed by atoms with E-state index < -0.39 is 0 Å². The highest BCUT2D eigenvalue weighted by Gasteiger charge is 2.26. The molecular weight excluding hydrogens is 764 g/mol. The average Bonchev–Trinajstić information content (AvgIpc) is 3.82. The molecule has 8 heteroatoms. The summed E-state index contributed by atoms with van der Waals surface area (Å²) in [5.74, 6) is 1.05. The first-order chi connectivity index (χ1) is 23.2. The van der Waals surface area contributed by atoms with E-state index in [1.165, 1.54) is 74.9 Å². The van der Waals surface area contributed by atoms with Crippen LogP contribution < -0.4 is 10.6 Å². The van der Waals surface area contributed by atoms with Gasteiger partial charge in [-0.05, 0) is 103 Å². The van der Waals surface area contributed by atoms with E-state index in [-0.39, 0.29) is 11.8 Å². The van der Waals surface area contributed by atoms with E-state index >= 15 is 0 Å². The van der Waals surface area contributed by atoms with Gasteiger partial charge in [0.25, 0.3) is 5.91 Å². The van der Waals surface area contributed by atoms with Crippen molar-refractivity contribution in [2.75, 3.05) is 0 Å². The maximum atomic E-state index is 13.4. The minimum absolute atomic E-state index is 0.00670. The normalized spacial score (nSPS) is 14.1. The lowest BCUT2D eigenvalue weighted by atomic mass is 9.93. The number of carbonyl (C=O) groups is 1. The molecule has 6 rings (SSSR count). The lowest BCUT2D eigenvalue weighted by Gasteiger charge is -2.13. The minimum atomic E-state index is -0.322. The number of nitrogens with one attached hydrogen (secondary N) is 1. The van der Waals surface area contributed by atoms with Gasteiger partial charge in [0.2, 0.25) is 0 Å². The van der Waals surface area contributed by atoms with Gasteiger partial charge < -0.3 is 10.1 Å². The first-order valence-electron chi connectivity index (χ1n) is 17.4. The molecule has 0 fully saturated rings. The first-order valence-corrected chi connectivity index (χ1v) is 20.7. The van der Waals surface area contributed by atoms with E-state index in [0.717, 1.165) is 45.0 Å². The van der Waals surface area contributed by atoms with Crippen LogP contribution in [-0.4, -0.2) is 16.0 Å². The van der Waals surface area contributed by atoms with Crippen LogP contribution in [0.1, 0.15) is 95.8 Å². The van der Waals surface area contributed by atoms with Gasteiger partial charge in [-0.15, -0.1) is 22.7 Å². The highest BCUT2D eigenvalue weighted by molar-refractivity contribution is 9.11. The summed E-state index contributed by atoms with van der Waals surface area (Å²) in [6, 6.07) is 16.9. The molecule has 2 unspecified atom stereocenters. The number of aromatic nitrogens is 1. The Bertz CT molecular complexity index is 2070. The molecule has 2 atom stereocenters. The number of H-pyrrole nitrogens is 1. The van der Waals surface area contributed by atoms with Gasteiger partial charge in [-0.1, -0.05) is 103 Å². The predicted octanol–water partition coefficient (Wildman–Crippen LogP) is 11.7. The second kappa shape index (κ2) is 15.6. The lowest BCUT2D eigenvalue weighted by molar-refractivity contribution is -0.112. The Morgan fingerprint density at radius 1 is 0.792 bits per heavy atom. The van der Waals surface area contributed by atoms with Crippen molar-refractivity contribution in [1.82, 2.24) is 4.98 Å². The molecular formula is C40H44Br2N2O2S2. The summed E-state index contributed by atoms with van der Waals surface area (Å²) in [5, 5.41) is 13.4. The van der Waals surface area contributed by atoms with Crippen molar-refractivity contribution in [3.05, 3.63) is 83.4 Å². The molecule has 4 nitrogen and oxygen atoms in total. The summed E-state index contributed by atoms with van der Waals surface area (Å²) in [4.78, 5) is 23.4. The number of aromatic hydroxyl groups is 1. The lowest BCUT2D eigenvalue weighted by Crippen LogP contribution is -2.23. The molecule has 2 N–H and O–H groups in total. The van der Waals surface area contributed by atoms with Crippen molar-refractivity contribution in [2.45, 2.75) is 91.9 Å². The van der Waals surface area contributed by atoms with Gasteiger partial charge in [-0.3, -0.25) is 4.79 Å². The molecule has 0 saturated heterocycles. The molecule has 0 spiro atoms. The van der Waals surface area contributed by atoms with Crippen molar-refractivity contribution in [2.24, 2.45) is 16.8 Å². The summed E-state index contributed by atoms with van der Waals surface area (Å²) in [5.41, 5.74) is 6.61. The second-order valence-corrected chi connectivity index (χ2v) is 17.9. The van der Waals surface area contributed by atoms with Gasteiger partial charge in [-0.2, -0.15) is 0 Å². The van der Waals surface area contributed by atoms with Gasteiger partial charge in [0.05, 0.1) is 24.1 Å². The summed E-state index contributed by atoms with van der Waals surface area (Å²) in [6.45, 7) is 9.09. The highest BCUT2D eigenvalue weighted by atomic mass is 79.9. The third-order valence-electron chi connectivity index (χ3n) is 9.92. The van der Waals surface area contributed by atoms with Gasteiger partial charge in [0.15, 0.2) is 5.88 Å². The van der Waals surface area contributed by atoms with Crippen LogP contribution in [-0.2, 0) is 17.6 Å². The topological polar surface area (TPSA) is 65.4 Å². The van der Waals surface area contributed by atoms with Crippen LogP contribution in [0, 0.1) is 11.8 Å². The van der Waals surface area contributed by atoms with Gasteiger partial charge in [0, 0.05) is 25.9 Å². The molecule has 5 aromatic rings. The number of halogens is 2. The Kier molecular flexibility index (Phi) is 11.5. The van der Waals surface area contributed by atoms with Crippen LogP contribution in [0.15, 0.2) is 61.1 Å². The van der Waals surface area contributed by atoms with Gasteiger partial charge in [-0.25, -0.2) is 4.99 Å². The second-order valence-electron chi connectivity index (χ2n) is 13.2. The molecule has 0 saturated carbocycles. The van der Waals surface area contributed by atoms with E-state index in [2.05, 4.69) is 99.9 Å². The number of benzene rings is 2. The Morgan fingerprint density at radius 2 is 1.35 bits per heavy atom. The average molecular weight is 809 g/mol. The summed E-state index contributed by atoms with van der Waals surface area (Å²) in [7, 11) is 0. The number of thiophene rings is 2. The zero-order chi connectivity index (χ0) is 33.9. The quantitative estimate of drug-likeness (QED) is 0.111. The fraction of sp³-hybridized carbons (Fsp3) is 0.400. The molecule has 0 aliphatic carbocycles. The number of carbonyl (C=O) groups excluding carboxylic acids is 1. The van der Waals surface area contributed by atoms with Crippen LogP contribution in [0.3, 0.4) is 0 Å². The van der Waals surface area contributed by atoms with Gasteiger partial charge >= 0.3 is 0 Å². The third kappa shape index (κ3) is 7.33. The number of hydrogen-bond donors (Lipinski definition) is 2. The summed E-state index contributed by atoms with van der Waals surface area (Å²) in [6.07, 6.45) is 12.1. The fourth-order valence-corrected chi connectivity index (χ4v) is 10.4. The number of nitrogens with zero attached hydrogens (tertiary/aromatic N) is 1. The Balaban J connectivity index is 1.30. The predicted molar refractivity (Wildman–Crippen MR) is 211 cm³/mol. The van der Waals surface area contributed by atoms with Crippen LogP contribution >= 0.6 is 54.5 Å². The molecule has 1 amide bonds. The number of aromatic amines is 1. The van der Waals surface area contributed by atoms with E-state index in [4.69, 9.17) is 0 Å². The van der Waals surface area contributed by atoms with Crippen molar-refractivity contribution >= 4 is 76.9 Å². The van der Waals surface area contributed by atoms with E-state index in [0.29, 0.717) is 28.3 Å². The number of hydrogen-bond acceptors (Lipinski definition) is 4. The Morgan fingerprint density at radius 3 is 1.92 bits per heavy atom. The van der Waals surface area contributed by atoms with Gasteiger partial charge in [0.1, 0.15) is 0 Å². The maximum Gasteiger partial charge on any atom is 0.279 e. The van der Waals surface area contributed by atoms with Crippen molar-refractivity contribution in [3.63, 3.8) is 0 Å². The van der Waals surface area contributed by atoms with Crippen molar-refractivity contribution in [3.8, 4) is 26.8 Å². The Hall–Kier alpha value is -2.52. The smallest absolute Gasteiger partial charge is 0.279 e. The monoisotopic (exact) mass is 806 g/mol. The SMILES string of the molecule is CCCCC(CC)Cc1cc(-c2ccc3c(c2)=NC(=O)C=3c2c(O)[nH]c3cc(-c4cc(CC(CC)CCCC)c(Br)s4)ccc23)sc1Br. The molecule has 0 bridgehead atoms. The van der Waals surface area contributed by atoms with Crippen molar-refractivity contribution < 1.29 is 9.90 Å². The molecule has 48 heavy (non-hydrogen) atoms. The minimum Gasteiger partial charge on any atom is -0.494 e. The number of amides is 1. The molecule has 2 aromatic carbocycles. The van der Waals surface area contributed by atoms with Crippen LogP contribution in [0.5, 0.6) is 5.88 Å².